The van der Waals surface area contributed by atoms with E-state index in [0.717, 1.165) is 32.5 Å². The van der Waals surface area contributed by atoms with Crippen molar-refractivity contribution in [3.8, 4) is 0 Å². The second-order valence-electron chi connectivity index (χ2n) is 3.31. The van der Waals surface area contributed by atoms with E-state index in [9.17, 15) is 4.79 Å². The van der Waals surface area contributed by atoms with Gasteiger partial charge in [-0.05, 0) is 12.8 Å². The Bertz CT molecular complexity index is 143. The van der Waals surface area contributed by atoms with Gasteiger partial charge in [-0.2, -0.15) is 0 Å². The summed E-state index contributed by atoms with van der Waals surface area (Å²) in [5, 5.41) is 3.22. The zero-order valence-corrected chi connectivity index (χ0v) is 7.97. The molecular weight excluding hydrogens is 152 g/mol. The van der Waals surface area contributed by atoms with Crippen LogP contribution in [0.4, 0.5) is 0 Å². The number of amides is 1. The second-order valence-corrected chi connectivity index (χ2v) is 3.31. The van der Waals surface area contributed by atoms with Crippen LogP contribution in [0.3, 0.4) is 0 Å². The maximum absolute atomic E-state index is 11.5. The molecule has 0 aromatic heterocycles. The Morgan fingerprint density at radius 1 is 1.50 bits per heavy atom. The zero-order chi connectivity index (χ0) is 8.97. The molecule has 1 N–H and O–H groups in total. The highest BCUT2D eigenvalue weighted by molar-refractivity contribution is 5.83. The van der Waals surface area contributed by atoms with Gasteiger partial charge in [0.15, 0.2) is 0 Å². The number of nitrogens with one attached hydrogen (secondary N) is 1. The van der Waals surface area contributed by atoms with Gasteiger partial charge in [-0.25, -0.2) is 0 Å². The second kappa shape index (κ2) is 4.45. The predicted octanol–water partition coefficient (Wildman–Crippen LogP) is 0.954. The highest BCUT2D eigenvalue weighted by Crippen LogP contribution is 2.08. The molecule has 70 valence electrons. The molecule has 0 aromatic carbocycles. The van der Waals surface area contributed by atoms with Gasteiger partial charge in [-0.15, -0.1) is 0 Å². The van der Waals surface area contributed by atoms with Gasteiger partial charge >= 0.3 is 0 Å². The molecule has 1 saturated heterocycles. The quantitative estimate of drug-likeness (QED) is 0.681. The lowest BCUT2D eigenvalue weighted by atomic mass is 10.2. The lowest BCUT2D eigenvalue weighted by Gasteiger charge is -2.13. The molecule has 1 fully saturated rings. The lowest BCUT2D eigenvalue weighted by molar-refractivity contribution is -0.129. The van der Waals surface area contributed by atoms with Crippen LogP contribution in [-0.2, 0) is 4.79 Å². The van der Waals surface area contributed by atoms with Gasteiger partial charge in [0.1, 0.15) is 0 Å². The first kappa shape index (κ1) is 9.52. The lowest BCUT2D eigenvalue weighted by Crippen LogP contribution is -2.30. The molecule has 1 amide bonds. The van der Waals surface area contributed by atoms with Gasteiger partial charge < -0.3 is 4.90 Å². The first-order chi connectivity index (χ1) is 5.79. The molecule has 1 unspecified atom stereocenters. The highest BCUT2D eigenvalue weighted by atomic mass is 16.2. The molecule has 0 saturated carbocycles. The number of carbonyl (C=O) groups excluding carboxylic acids is 1. The van der Waals surface area contributed by atoms with Crippen LogP contribution in [0.5, 0.6) is 0 Å². The fourth-order valence-electron chi connectivity index (χ4n) is 1.58. The molecule has 12 heavy (non-hydrogen) atoms. The van der Waals surface area contributed by atoms with Gasteiger partial charge in [0.25, 0.3) is 0 Å². The van der Waals surface area contributed by atoms with E-state index < -0.39 is 0 Å². The predicted molar refractivity (Wildman–Crippen MR) is 48.7 cm³/mol. The van der Waals surface area contributed by atoms with Crippen LogP contribution in [0, 0.1) is 0 Å². The van der Waals surface area contributed by atoms with Gasteiger partial charge in [0.2, 0.25) is 5.91 Å². The molecule has 1 heterocycles. The smallest absolute Gasteiger partial charge is 0.240 e. The van der Waals surface area contributed by atoms with E-state index in [1.165, 1.54) is 0 Å². The maximum atomic E-state index is 11.5. The van der Waals surface area contributed by atoms with E-state index >= 15 is 0 Å². The summed E-state index contributed by atoms with van der Waals surface area (Å²) in [7, 11) is 0. The summed E-state index contributed by atoms with van der Waals surface area (Å²) >= 11 is 0. The largest absolute Gasteiger partial charge is 0.329 e. The van der Waals surface area contributed by atoms with E-state index in [4.69, 9.17) is 0 Å². The van der Waals surface area contributed by atoms with E-state index in [2.05, 4.69) is 19.2 Å². The SMILES string of the molecule is CCCC1NCN(CCC)C1=O. The molecular formula is C9H18N2O. The monoisotopic (exact) mass is 170 g/mol. The van der Waals surface area contributed by atoms with E-state index in [0.29, 0.717) is 5.91 Å². The van der Waals surface area contributed by atoms with Crippen molar-refractivity contribution >= 4 is 5.91 Å². The normalized spacial score (nSPS) is 23.7. The molecule has 3 nitrogen and oxygen atoms in total. The summed E-state index contributed by atoms with van der Waals surface area (Å²) in [5.74, 6) is 0.290. The topological polar surface area (TPSA) is 32.3 Å². The fourth-order valence-corrected chi connectivity index (χ4v) is 1.58. The minimum absolute atomic E-state index is 0.0987. The molecule has 1 aliphatic heterocycles. The van der Waals surface area contributed by atoms with Crippen molar-refractivity contribution in [3.05, 3.63) is 0 Å². The average Bonchev–Trinajstić information content (AvgIpc) is 2.38. The summed E-state index contributed by atoms with van der Waals surface area (Å²) in [5.41, 5.74) is 0. The summed E-state index contributed by atoms with van der Waals surface area (Å²) in [6, 6.07) is 0.0987. The fraction of sp³-hybridized carbons (Fsp3) is 0.889. The van der Waals surface area contributed by atoms with Crippen molar-refractivity contribution in [1.82, 2.24) is 10.2 Å². The molecule has 1 rings (SSSR count). The molecule has 3 heteroatoms. The van der Waals surface area contributed by atoms with Crippen LogP contribution in [0.25, 0.3) is 0 Å². The van der Waals surface area contributed by atoms with Crippen LogP contribution in [0.15, 0.2) is 0 Å². The highest BCUT2D eigenvalue weighted by Gasteiger charge is 2.28. The Balaban J connectivity index is 2.38. The van der Waals surface area contributed by atoms with E-state index in [-0.39, 0.29) is 6.04 Å². The average molecular weight is 170 g/mol. The third kappa shape index (κ3) is 1.97. The Labute approximate surface area is 74.1 Å². The zero-order valence-electron chi connectivity index (χ0n) is 7.97. The van der Waals surface area contributed by atoms with Crippen molar-refractivity contribution in [1.29, 1.82) is 0 Å². The Kier molecular flexibility index (Phi) is 3.53. The first-order valence-electron chi connectivity index (χ1n) is 4.81. The Hall–Kier alpha value is -0.570. The van der Waals surface area contributed by atoms with Crippen molar-refractivity contribution in [2.24, 2.45) is 0 Å². The summed E-state index contributed by atoms with van der Waals surface area (Å²) < 4.78 is 0. The standard InChI is InChI=1S/C9H18N2O/c1-3-5-8-9(12)11(6-4-2)7-10-8/h8,10H,3-7H2,1-2H3. The first-order valence-corrected chi connectivity index (χ1v) is 4.81. The van der Waals surface area contributed by atoms with Gasteiger partial charge in [0, 0.05) is 6.54 Å². The third-order valence-corrected chi connectivity index (χ3v) is 2.21. The molecule has 1 atom stereocenters. The number of hydrogen-bond donors (Lipinski definition) is 1. The van der Waals surface area contributed by atoms with Crippen LogP contribution in [-0.4, -0.2) is 30.1 Å². The number of rotatable bonds is 4. The summed E-state index contributed by atoms with van der Waals surface area (Å²) in [4.78, 5) is 13.5. The molecule has 0 bridgehead atoms. The molecule has 0 radical (unpaired) electrons. The summed E-state index contributed by atoms with van der Waals surface area (Å²) in [6.07, 6.45) is 3.09. The molecule has 0 aromatic rings. The number of nitrogens with zero attached hydrogens (tertiary/aromatic N) is 1. The van der Waals surface area contributed by atoms with Gasteiger partial charge in [0.05, 0.1) is 12.7 Å². The van der Waals surface area contributed by atoms with Crippen molar-refractivity contribution < 1.29 is 4.79 Å². The number of hydrogen-bond acceptors (Lipinski definition) is 2. The maximum Gasteiger partial charge on any atom is 0.240 e. The molecule has 0 aliphatic carbocycles. The van der Waals surface area contributed by atoms with Crippen LogP contribution in [0.1, 0.15) is 33.1 Å². The van der Waals surface area contributed by atoms with Gasteiger partial charge in [-0.1, -0.05) is 20.3 Å². The van der Waals surface area contributed by atoms with Crippen molar-refractivity contribution in [3.63, 3.8) is 0 Å². The minimum Gasteiger partial charge on any atom is -0.329 e. The van der Waals surface area contributed by atoms with Crippen LogP contribution < -0.4 is 5.32 Å². The van der Waals surface area contributed by atoms with Crippen LogP contribution in [0.2, 0.25) is 0 Å². The molecule has 1 aliphatic rings. The Morgan fingerprint density at radius 2 is 2.25 bits per heavy atom. The summed E-state index contributed by atoms with van der Waals surface area (Å²) in [6.45, 7) is 5.85. The van der Waals surface area contributed by atoms with Gasteiger partial charge in [-0.3, -0.25) is 10.1 Å². The number of carbonyl (C=O) groups is 1. The third-order valence-electron chi connectivity index (χ3n) is 2.21. The minimum atomic E-state index is 0.0987. The molecule has 0 spiro atoms. The van der Waals surface area contributed by atoms with E-state index in [1.807, 2.05) is 4.90 Å². The van der Waals surface area contributed by atoms with E-state index in [1.54, 1.807) is 0 Å². The van der Waals surface area contributed by atoms with Crippen molar-refractivity contribution in [2.75, 3.05) is 13.2 Å². The Morgan fingerprint density at radius 3 is 2.83 bits per heavy atom. The van der Waals surface area contributed by atoms with Crippen LogP contribution >= 0.6 is 0 Å². The van der Waals surface area contributed by atoms with Crippen molar-refractivity contribution in [2.45, 2.75) is 39.2 Å².